The smallest absolute Gasteiger partial charge is 0.335 e. The lowest BCUT2D eigenvalue weighted by Gasteiger charge is -2.22. The third-order valence-electron chi connectivity index (χ3n) is 3.72. The van der Waals surface area contributed by atoms with Gasteiger partial charge >= 0.3 is 5.97 Å². The van der Waals surface area contributed by atoms with Gasteiger partial charge in [0.15, 0.2) is 0 Å². The van der Waals surface area contributed by atoms with Gasteiger partial charge in [-0.2, -0.15) is 8.78 Å². The van der Waals surface area contributed by atoms with Gasteiger partial charge in [0, 0.05) is 12.1 Å². The lowest BCUT2D eigenvalue weighted by atomic mass is 10.1. The van der Waals surface area contributed by atoms with Crippen LogP contribution in [0, 0.1) is 0 Å². The number of benzene rings is 1. The Morgan fingerprint density at radius 3 is 2.57 bits per heavy atom. The minimum absolute atomic E-state index is 0.0326. The van der Waals surface area contributed by atoms with E-state index in [1.807, 2.05) is 0 Å². The second kappa shape index (κ2) is 7.44. The molecule has 0 atom stereocenters. The van der Waals surface area contributed by atoms with Crippen molar-refractivity contribution in [1.82, 2.24) is 0 Å². The van der Waals surface area contributed by atoms with Crippen LogP contribution in [0.1, 0.15) is 32.6 Å². The van der Waals surface area contributed by atoms with E-state index in [-0.39, 0.29) is 30.7 Å². The van der Waals surface area contributed by atoms with Crippen molar-refractivity contribution in [3.8, 4) is 5.75 Å². The van der Waals surface area contributed by atoms with Gasteiger partial charge in [0.2, 0.25) is 0 Å². The van der Waals surface area contributed by atoms with E-state index >= 15 is 0 Å². The van der Waals surface area contributed by atoms with Gasteiger partial charge in [0.25, 0.3) is 5.92 Å². The second-order valence-electron chi connectivity index (χ2n) is 5.34. The van der Waals surface area contributed by atoms with Crippen LogP contribution >= 0.6 is 0 Å². The van der Waals surface area contributed by atoms with Crippen LogP contribution in [0.5, 0.6) is 5.75 Å². The molecule has 4 nitrogen and oxygen atoms in total. The van der Waals surface area contributed by atoms with Crippen LogP contribution < -0.4 is 10.1 Å². The first-order chi connectivity index (χ1) is 11.0. The van der Waals surface area contributed by atoms with Gasteiger partial charge in [0.1, 0.15) is 5.75 Å². The minimum Gasteiger partial charge on any atom is -0.497 e. The second-order valence-corrected chi connectivity index (χ2v) is 5.34. The summed E-state index contributed by atoms with van der Waals surface area (Å²) >= 11 is 0. The molecule has 2 rings (SSSR count). The molecule has 1 aromatic carbocycles. The summed E-state index contributed by atoms with van der Waals surface area (Å²) in [5, 5.41) is 2.73. The molecular formula is C17H21F2NO3. The largest absolute Gasteiger partial charge is 0.497 e. The highest BCUT2D eigenvalue weighted by atomic mass is 19.3. The van der Waals surface area contributed by atoms with Gasteiger partial charge in [-0.25, -0.2) is 4.79 Å². The molecule has 1 aliphatic rings. The summed E-state index contributed by atoms with van der Waals surface area (Å²) < 4.78 is 38.9. The Kier molecular flexibility index (Phi) is 5.58. The van der Waals surface area contributed by atoms with E-state index in [0.29, 0.717) is 24.3 Å². The summed E-state index contributed by atoms with van der Waals surface area (Å²) in [6, 6.07) is 6.61. The third kappa shape index (κ3) is 4.21. The quantitative estimate of drug-likeness (QED) is 0.827. The lowest BCUT2D eigenvalue weighted by molar-refractivity contribution is -0.139. The standard InChI is InChI=1S/C17H21F2NO3/c1-3-23-16(21)14-6-4-5-11-17(18,19)15(14)20-12-7-9-13(22-2)10-8-12/h7-10,20H,3-6,11H2,1-2H3. The van der Waals surface area contributed by atoms with Crippen molar-refractivity contribution in [3.05, 3.63) is 35.5 Å². The van der Waals surface area contributed by atoms with Crippen LogP contribution in [0.25, 0.3) is 0 Å². The van der Waals surface area contributed by atoms with E-state index in [1.54, 1.807) is 31.2 Å². The van der Waals surface area contributed by atoms with E-state index in [0.717, 1.165) is 0 Å². The molecule has 6 heteroatoms. The monoisotopic (exact) mass is 325 g/mol. The Labute approximate surface area is 134 Å². The number of nitrogens with one attached hydrogen (secondary N) is 1. The number of carbonyl (C=O) groups excluding carboxylic acids is 1. The molecule has 126 valence electrons. The molecule has 0 spiro atoms. The number of ether oxygens (including phenoxy) is 2. The Balaban J connectivity index is 2.36. The number of methoxy groups -OCH3 is 1. The molecular weight excluding hydrogens is 304 g/mol. The molecule has 0 radical (unpaired) electrons. The molecule has 0 saturated carbocycles. The molecule has 0 saturated heterocycles. The van der Waals surface area contributed by atoms with Crippen molar-refractivity contribution in [2.75, 3.05) is 19.0 Å². The fourth-order valence-corrected chi connectivity index (χ4v) is 2.53. The van der Waals surface area contributed by atoms with Gasteiger partial charge in [-0.15, -0.1) is 0 Å². The van der Waals surface area contributed by atoms with E-state index in [9.17, 15) is 13.6 Å². The fourth-order valence-electron chi connectivity index (χ4n) is 2.53. The van der Waals surface area contributed by atoms with Gasteiger partial charge in [-0.1, -0.05) is 0 Å². The molecule has 0 unspecified atom stereocenters. The number of carbonyl (C=O) groups is 1. The Hall–Kier alpha value is -2.11. The van der Waals surface area contributed by atoms with Gasteiger partial charge in [-0.3, -0.25) is 0 Å². The fraction of sp³-hybridized carbons (Fsp3) is 0.471. The number of halogens is 2. The molecule has 1 aromatic rings. The van der Waals surface area contributed by atoms with Crippen molar-refractivity contribution in [2.24, 2.45) is 0 Å². The summed E-state index contributed by atoms with van der Waals surface area (Å²) in [5.74, 6) is -3.13. The van der Waals surface area contributed by atoms with Crippen LogP contribution in [0.15, 0.2) is 35.5 Å². The molecule has 0 aliphatic heterocycles. The molecule has 0 bridgehead atoms. The van der Waals surface area contributed by atoms with Crippen molar-refractivity contribution in [1.29, 1.82) is 0 Å². The molecule has 0 heterocycles. The summed E-state index contributed by atoms with van der Waals surface area (Å²) in [7, 11) is 1.53. The zero-order valence-corrected chi connectivity index (χ0v) is 13.3. The minimum atomic E-state index is -3.08. The number of rotatable bonds is 5. The molecule has 1 N–H and O–H groups in total. The van der Waals surface area contributed by atoms with Gasteiger partial charge in [-0.05, 0) is 50.5 Å². The lowest BCUT2D eigenvalue weighted by Crippen LogP contribution is -2.27. The van der Waals surface area contributed by atoms with Gasteiger partial charge < -0.3 is 14.8 Å². The topological polar surface area (TPSA) is 47.6 Å². The van der Waals surface area contributed by atoms with Crippen LogP contribution in [0.3, 0.4) is 0 Å². The van der Waals surface area contributed by atoms with Crippen LogP contribution in [-0.2, 0) is 9.53 Å². The summed E-state index contributed by atoms with van der Waals surface area (Å²) in [5.41, 5.74) is 0.160. The highest BCUT2D eigenvalue weighted by Gasteiger charge is 2.40. The Morgan fingerprint density at radius 1 is 1.26 bits per heavy atom. The summed E-state index contributed by atoms with van der Waals surface area (Å²) in [6.07, 6.45) is 0.905. The van der Waals surface area contributed by atoms with Crippen molar-refractivity contribution in [2.45, 2.75) is 38.5 Å². The Morgan fingerprint density at radius 2 is 1.96 bits per heavy atom. The van der Waals surface area contributed by atoms with Crippen molar-refractivity contribution < 1.29 is 23.0 Å². The zero-order valence-electron chi connectivity index (χ0n) is 13.3. The molecule has 0 amide bonds. The third-order valence-corrected chi connectivity index (χ3v) is 3.72. The molecule has 23 heavy (non-hydrogen) atoms. The van der Waals surface area contributed by atoms with Gasteiger partial charge in [0.05, 0.1) is 25.0 Å². The predicted octanol–water partition coefficient (Wildman–Crippen LogP) is 4.13. The maximum absolute atomic E-state index is 14.5. The number of anilines is 1. The number of alkyl halides is 2. The Bertz CT molecular complexity index is 582. The molecule has 0 fully saturated rings. The van der Waals surface area contributed by atoms with Crippen LogP contribution in [0.4, 0.5) is 14.5 Å². The summed E-state index contributed by atoms with van der Waals surface area (Å²) in [4.78, 5) is 12.1. The van der Waals surface area contributed by atoms with E-state index in [1.165, 1.54) is 7.11 Å². The highest BCUT2D eigenvalue weighted by molar-refractivity contribution is 5.90. The number of hydrogen-bond donors (Lipinski definition) is 1. The number of esters is 1. The van der Waals surface area contributed by atoms with Crippen molar-refractivity contribution in [3.63, 3.8) is 0 Å². The maximum Gasteiger partial charge on any atom is 0.335 e. The zero-order chi connectivity index (χ0) is 16.9. The number of hydrogen-bond acceptors (Lipinski definition) is 4. The first-order valence-corrected chi connectivity index (χ1v) is 7.67. The van der Waals surface area contributed by atoms with E-state index < -0.39 is 11.9 Å². The first kappa shape index (κ1) is 17.2. The maximum atomic E-state index is 14.5. The summed E-state index contributed by atoms with van der Waals surface area (Å²) in [6.45, 7) is 1.81. The van der Waals surface area contributed by atoms with E-state index in [4.69, 9.17) is 9.47 Å². The molecule has 1 aliphatic carbocycles. The normalized spacial score (nSPS) is 17.4. The number of allylic oxidation sites excluding steroid dienone is 1. The van der Waals surface area contributed by atoms with E-state index in [2.05, 4.69) is 5.32 Å². The highest BCUT2D eigenvalue weighted by Crippen LogP contribution is 2.38. The first-order valence-electron chi connectivity index (χ1n) is 7.67. The van der Waals surface area contributed by atoms with Crippen LogP contribution in [-0.4, -0.2) is 25.6 Å². The SMILES string of the molecule is CCOC(=O)C1=C(Nc2ccc(OC)cc2)C(F)(F)CCCC1. The van der Waals surface area contributed by atoms with Crippen molar-refractivity contribution >= 4 is 11.7 Å². The molecule has 0 aromatic heterocycles. The van der Waals surface area contributed by atoms with Crippen LogP contribution in [0.2, 0.25) is 0 Å². The predicted molar refractivity (Wildman–Crippen MR) is 83.7 cm³/mol. The average molecular weight is 325 g/mol. The average Bonchev–Trinajstić information content (AvgIpc) is 2.67.